The van der Waals surface area contributed by atoms with Crippen LogP contribution < -0.4 is 9.64 Å². The lowest BCUT2D eigenvalue weighted by molar-refractivity contribution is -0.899. The molecule has 0 aliphatic rings. The fraction of sp³-hybridized carbons (Fsp3) is 0.500. The third kappa shape index (κ3) is 5.45. The highest BCUT2D eigenvalue weighted by molar-refractivity contribution is 5.34. The molecular weight excluding hydrogens is 238 g/mol. The molecule has 3 heteroatoms. The lowest BCUT2D eigenvalue weighted by Crippen LogP contribution is -3.12. The van der Waals surface area contributed by atoms with Crippen LogP contribution in [-0.2, 0) is 6.42 Å². The Morgan fingerprint density at radius 2 is 2.00 bits per heavy atom. The number of rotatable bonds is 9. The van der Waals surface area contributed by atoms with Gasteiger partial charge in [0, 0.05) is 0 Å². The van der Waals surface area contributed by atoms with E-state index >= 15 is 0 Å². The number of para-hydroxylation sites is 1. The number of likely N-dealkylation sites (N-methyl/N-ethyl adjacent to an activating group) is 1. The van der Waals surface area contributed by atoms with Crippen molar-refractivity contribution in [2.75, 3.05) is 26.2 Å². The quantitative estimate of drug-likeness (QED) is 0.655. The first-order valence-corrected chi connectivity index (χ1v) is 7.04. The van der Waals surface area contributed by atoms with Crippen LogP contribution >= 0.6 is 0 Å². The molecule has 1 aromatic rings. The lowest BCUT2D eigenvalue weighted by Gasteiger charge is -2.20. The van der Waals surface area contributed by atoms with Crippen LogP contribution in [0.5, 0.6) is 5.75 Å². The number of hydrogen-bond acceptors (Lipinski definition) is 2. The molecule has 1 unspecified atom stereocenters. The summed E-state index contributed by atoms with van der Waals surface area (Å²) in [6, 6.07) is 7.90. The maximum absolute atomic E-state index is 10.00. The van der Waals surface area contributed by atoms with Gasteiger partial charge in [-0.25, -0.2) is 0 Å². The summed E-state index contributed by atoms with van der Waals surface area (Å²) in [5, 5.41) is 10.00. The van der Waals surface area contributed by atoms with Crippen molar-refractivity contribution in [1.29, 1.82) is 0 Å². The van der Waals surface area contributed by atoms with Crippen molar-refractivity contribution in [3.05, 3.63) is 42.5 Å². The van der Waals surface area contributed by atoms with Crippen molar-refractivity contribution in [2.24, 2.45) is 0 Å². The summed E-state index contributed by atoms with van der Waals surface area (Å²) >= 11 is 0. The monoisotopic (exact) mass is 264 g/mol. The van der Waals surface area contributed by atoms with Crippen LogP contribution in [0.1, 0.15) is 19.4 Å². The zero-order valence-electron chi connectivity index (χ0n) is 12.1. The van der Waals surface area contributed by atoms with Crippen LogP contribution in [-0.4, -0.2) is 37.5 Å². The fourth-order valence-electron chi connectivity index (χ4n) is 2.09. The highest BCUT2D eigenvalue weighted by atomic mass is 16.5. The van der Waals surface area contributed by atoms with Crippen LogP contribution in [0, 0.1) is 0 Å². The first-order valence-electron chi connectivity index (χ1n) is 7.04. The normalized spacial score (nSPS) is 12.4. The van der Waals surface area contributed by atoms with E-state index in [2.05, 4.69) is 20.4 Å². The Hall–Kier alpha value is -1.32. The average molecular weight is 264 g/mol. The molecule has 0 radical (unpaired) electrons. The van der Waals surface area contributed by atoms with Gasteiger partial charge in [0.05, 0.1) is 13.1 Å². The van der Waals surface area contributed by atoms with Gasteiger partial charge in [-0.1, -0.05) is 24.3 Å². The summed E-state index contributed by atoms with van der Waals surface area (Å²) in [7, 11) is 0. The van der Waals surface area contributed by atoms with Crippen LogP contribution in [0.15, 0.2) is 36.9 Å². The van der Waals surface area contributed by atoms with Gasteiger partial charge in [0.25, 0.3) is 0 Å². The van der Waals surface area contributed by atoms with Crippen LogP contribution in [0.3, 0.4) is 0 Å². The number of ether oxygens (including phenoxy) is 1. The van der Waals surface area contributed by atoms with Crippen molar-refractivity contribution in [1.82, 2.24) is 0 Å². The molecule has 0 saturated carbocycles. The summed E-state index contributed by atoms with van der Waals surface area (Å²) in [6.07, 6.45) is 2.22. The molecule has 0 amide bonds. The summed E-state index contributed by atoms with van der Waals surface area (Å²) in [5.41, 5.74) is 1.11. The Kier molecular flexibility index (Phi) is 7.23. The zero-order chi connectivity index (χ0) is 14.1. The van der Waals surface area contributed by atoms with E-state index in [1.165, 1.54) is 4.90 Å². The molecular formula is C16H26NO2+. The molecule has 0 saturated heterocycles. The number of hydrogen-bond donors (Lipinski definition) is 2. The third-order valence-electron chi connectivity index (χ3n) is 3.29. The van der Waals surface area contributed by atoms with Crippen molar-refractivity contribution >= 4 is 0 Å². The highest BCUT2D eigenvalue weighted by Gasteiger charge is 2.13. The second-order valence-electron chi connectivity index (χ2n) is 4.73. The lowest BCUT2D eigenvalue weighted by atomic mass is 10.1. The van der Waals surface area contributed by atoms with Gasteiger partial charge in [-0.15, -0.1) is 6.58 Å². The van der Waals surface area contributed by atoms with Gasteiger partial charge >= 0.3 is 0 Å². The second-order valence-corrected chi connectivity index (χ2v) is 4.73. The minimum absolute atomic E-state index is 0.345. The molecule has 0 aliphatic heterocycles. The number of nitrogens with one attached hydrogen (secondary N) is 1. The molecule has 1 atom stereocenters. The van der Waals surface area contributed by atoms with E-state index in [1.807, 2.05) is 30.3 Å². The molecule has 19 heavy (non-hydrogen) atoms. The molecule has 0 spiro atoms. The molecule has 0 aliphatic carbocycles. The van der Waals surface area contributed by atoms with Gasteiger partial charge in [-0.05, 0) is 31.9 Å². The number of quaternary nitrogens is 1. The van der Waals surface area contributed by atoms with Crippen LogP contribution in [0.25, 0.3) is 0 Å². The van der Waals surface area contributed by atoms with Crippen LogP contribution in [0.4, 0.5) is 0 Å². The van der Waals surface area contributed by atoms with Crippen molar-refractivity contribution in [3.8, 4) is 5.75 Å². The number of benzene rings is 1. The predicted octanol–water partition coefficient (Wildman–Crippen LogP) is 1.08. The maximum atomic E-state index is 10.00. The Balaban J connectivity index is 2.49. The molecule has 106 valence electrons. The molecule has 0 aromatic heterocycles. The van der Waals surface area contributed by atoms with E-state index in [1.54, 1.807) is 0 Å². The van der Waals surface area contributed by atoms with E-state index in [4.69, 9.17) is 4.74 Å². The van der Waals surface area contributed by atoms with E-state index in [0.29, 0.717) is 6.61 Å². The summed E-state index contributed by atoms with van der Waals surface area (Å²) < 4.78 is 5.73. The van der Waals surface area contributed by atoms with Crippen molar-refractivity contribution < 1.29 is 14.7 Å². The second kappa shape index (κ2) is 8.73. The van der Waals surface area contributed by atoms with Gasteiger partial charge in [-0.3, -0.25) is 0 Å². The minimum atomic E-state index is -0.424. The molecule has 1 aromatic carbocycles. The predicted molar refractivity (Wildman–Crippen MR) is 78.8 cm³/mol. The Morgan fingerprint density at radius 1 is 1.32 bits per heavy atom. The summed E-state index contributed by atoms with van der Waals surface area (Å²) in [6.45, 7) is 11.1. The van der Waals surface area contributed by atoms with Gasteiger partial charge in [0.15, 0.2) is 0 Å². The van der Waals surface area contributed by atoms with E-state index in [9.17, 15) is 5.11 Å². The zero-order valence-corrected chi connectivity index (χ0v) is 12.1. The topological polar surface area (TPSA) is 33.9 Å². The summed E-state index contributed by atoms with van der Waals surface area (Å²) in [4.78, 5) is 1.38. The Bertz CT molecular complexity index is 375. The Morgan fingerprint density at radius 3 is 2.63 bits per heavy atom. The largest absolute Gasteiger partial charge is 0.490 e. The van der Waals surface area contributed by atoms with Crippen molar-refractivity contribution in [2.45, 2.75) is 26.4 Å². The number of aliphatic hydroxyl groups excluding tert-OH is 1. The molecule has 1 rings (SSSR count). The molecule has 0 bridgehead atoms. The van der Waals surface area contributed by atoms with E-state index < -0.39 is 6.10 Å². The standard InChI is InChI=1S/C16H25NO2/c1-4-9-14-10-7-8-11-16(14)19-13-15(18)12-17(5-2)6-3/h4,7-8,10-11,15,18H,1,5-6,9,12-13H2,2-3H3/p+1. The van der Waals surface area contributed by atoms with Crippen LogP contribution in [0.2, 0.25) is 0 Å². The average Bonchev–Trinajstić information content (AvgIpc) is 2.44. The smallest absolute Gasteiger partial charge is 0.137 e. The third-order valence-corrected chi connectivity index (χ3v) is 3.29. The SMILES string of the molecule is C=CCc1ccccc1OCC(O)C[NH+](CC)CC. The van der Waals surface area contributed by atoms with E-state index in [-0.39, 0.29) is 0 Å². The van der Waals surface area contributed by atoms with Crippen molar-refractivity contribution in [3.63, 3.8) is 0 Å². The molecule has 2 N–H and O–H groups in total. The van der Waals surface area contributed by atoms with E-state index in [0.717, 1.165) is 37.4 Å². The number of aliphatic hydroxyl groups is 1. The molecule has 0 heterocycles. The minimum Gasteiger partial charge on any atom is -0.490 e. The Labute approximate surface area is 116 Å². The van der Waals surface area contributed by atoms with Gasteiger partial charge in [-0.2, -0.15) is 0 Å². The van der Waals surface area contributed by atoms with Gasteiger partial charge in [0.1, 0.15) is 25.0 Å². The first-order chi connectivity index (χ1) is 9.21. The van der Waals surface area contributed by atoms with Gasteiger partial charge < -0.3 is 14.7 Å². The summed E-state index contributed by atoms with van der Waals surface area (Å²) in [5.74, 6) is 0.844. The fourth-order valence-corrected chi connectivity index (χ4v) is 2.09. The first kappa shape index (κ1) is 15.7. The highest BCUT2D eigenvalue weighted by Crippen LogP contribution is 2.18. The molecule has 3 nitrogen and oxygen atoms in total. The maximum Gasteiger partial charge on any atom is 0.137 e. The van der Waals surface area contributed by atoms with Gasteiger partial charge in [0.2, 0.25) is 0 Å². The number of allylic oxidation sites excluding steroid dienone is 1. The molecule has 0 fully saturated rings.